The van der Waals surface area contributed by atoms with Crippen LogP contribution in [0, 0.1) is 5.92 Å². The van der Waals surface area contributed by atoms with E-state index in [0.717, 1.165) is 24.1 Å². The molecule has 2 aromatic rings. The minimum absolute atomic E-state index is 0.147. The van der Waals surface area contributed by atoms with E-state index in [-0.39, 0.29) is 11.8 Å². The van der Waals surface area contributed by atoms with Crippen LogP contribution in [0.1, 0.15) is 48.2 Å². The first-order valence-corrected chi connectivity index (χ1v) is 7.66. The number of rotatable bonds is 3. The molecule has 0 spiro atoms. The average Bonchev–Trinajstić information content (AvgIpc) is 3.03. The average molecular weight is 280 g/mol. The van der Waals surface area contributed by atoms with Gasteiger partial charge in [-0.25, -0.2) is 4.68 Å². The predicted molar refractivity (Wildman–Crippen MR) is 84.8 cm³/mol. The van der Waals surface area contributed by atoms with Gasteiger partial charge in [-0.15, -0.1) is 0 Å². The van der Waals surface area contributed by atoms with E-state index in [1.807, 2.05) is 48.6 Å². The first kappa shape index (κ1) is 13.8. The number of carbonyl (C=O) groups is 1. The van der Waals surface area contributed by atoms with Crippen LogP contribution in [0.25, 0.3) is 12.2 Å². The van der Waals surface area contributed by atoms with Crippen LogP contribution in [0.4, 0.5) is 0 Å². The Balaban J connectivity index is 1.68. The summed E-state index contributed by atoms with van der Waals surface area (Å²) in [6.07, 6.45) is 11.3. The van der Waals surface area contributed by atoms with Gasteiger partial charge in [0.2, 0.25) is 5.91 Å². The van der Waals surface area contributed by atoms with Gasteiger partial charge in [0.25, 0.3) is 0 Å². The quantitative estimate of drug-likeness (QED) is 0.841. The highest BCUT2D eigenvalue weighted by molar-refractivity contribution is 5.81. The molecule has 0 N–H and O–H groups in total. The van der Waals surface area contributed by atoms with Crippen LogP contribution < -0.4 is 0 Å². The van der Waals surface area contributed by atoms with Crippen LogP contribution in [-0.2, 0) is 0 Å². The molecule has 0 amide bonds. The minimum Gasteiger partial charge on any atom is -0.272 e. The summed E-state index contributed by atoms with van der Waals surface area (Å²) in [5.41, 5.74) is 1.95. The lowest BCUT2D eigenvalue weighted by molar-refractivity contribution is 0.0784. The van der Waals surface area contributed by atoms with Crippen LogP contribution in [0.3, 0.4) is 0 Å². The topological polar surface area (TPSA) is 34.9 Å². The SMILES string of the molecule is O=C(C1CCCCC1)n1ccc(/C=C/c2ccccc2)n1. The smallest absolute Gasteiger partial charge is 0.249 e. The molecular formula is C18H20N2O. The first-order valence-electron chi connectivity index (χ1n) is 7.66. The molecule has 1 aliphatic rings. The largest absolute Gasteiger partial charge is 0.272 e. The number of nitrogens with zero attached hydrogens (tertiary/aromatic N) is 2. The highest BCUT2D eigenvalue weighted by Gasteiger charge is 2.22. The van der Waals surface area contributed by atoms with E-state index in [4.69, 9.17) is 0 Å². The van der Waals surface area contributed by atoms with Crippen molar-refractivity contribution >= 4 is 18.1 Å². The molecule has 3 rings (SSSR count). The molecule has 1 aliphatic carbocycles. The first-order chi connectivity index (χ1) is 10.3. The maximum atomic E-state index is 12.4. The van der Waals surface area contributed by atoms with Crippen molar-refractivity contribution in [2.75, 3.05) is 0 Å². The van der Waals surface area contributed by atoms with Crippen LogP contribution >= 0.6 is 0 Å². The van der Waals surface area contributed by atoms with Crippen molar-refractivity contribution in [1.82, 2.24) is 9.78 Å². The maximum absolute atomic E-state index is 12.4. The Morgan fingerprint density at radius 3 is 2.57 bits per heavy atom. The molecule has 0 atom stereocenters. The van der Waals surface area contributed by atoms with Crippen LogP contribution in [-0.4, -0.2) is 15.7 Å². The Morgan fingerprint density at radius 1 is 1.05 bits per heavy atom. The van der Waals surface area contributed by atoms with Crippen molar-refractivity contribution < 1.29 is 4.79 Å². The lowest BCUT2D eigenvalue weighted by Gasteiger charge is -2.19. The third-order valence-electron chi connectivity index (χ3n) is 4.04. The summed E-state index contributed by atoms with van der Waals surface area (Å²) in [5.74, 6) is 0.304. The molecule has 0 bridgehead atoms. The molecule has 3 heteroatoms. The zero-order valence-electron chi connectivity index (χ0n) is 12.1. The van der Waals surface area contributed by atoms with E-state index in [0.29, 0.717) is 0 Å². The third-order valence-corrected chi connectivity index (χ3v) is 4.04. The van der Waals surface area contributed by atoms with Gasteiger partial charge >= 0.3 is 0 Å². The molecule has 1 fully saturated rings. The van der Waals surface area contributed by atoms with Gasteiger partial charge in [-0.1, -0.05) is 55.7 Å². The second-order valence-electron chi connectivity index (χ2n) is 5.60. The molecule has 21 heavy (non-hydrogen) atoms. The number of benzene rings is 1. The zero-order valence-corrected chi connectivity index (χ0v) is 12.1. The third kappa shape index (κ3) is 3.48. The second-order valence-corrected chi connectivity index (χ2v) is 5.60. The van der Waals surface area contributed by atoms with Crippen molar-refractivity contribution in [1.29, 1.82) is 0 Å². The molecule has 1 aromatic carbocycles. The Hall–Kier alpha value is -2.16. The summed E-state index contributed by atoms with van der Waals surface area (Å²) in [6.45, 7) is 0. The van der Waals surface area contributed by atoms with E-state index in [9.17, 15) is 4.79 Å². The van der Waals surface area contributed by atoms with Gasteiger partial charge < -0.3 is 0 Å². The maximum Gasteiger partial charge on any atom is 0.249 e. The fourth-order valence-electron chi connectivity index (χ4n) is 2.83. The Bertz CT molecular complexity index is 622. The highest BCUT2D eigenvalue weighted by Crippen LogP contribution is 2.24. The standard InChI is InChI=1S/C18H20N2O/c21-18(16-9-5-2-6-10-16)20-14-13-17(19-20)12-11-15-7-3-1-4-8-15/h1,3-4,7-8,11-14,16H,2,5-6,9-10H2/b12-11+. The van der Waals surface area contributed by atoms with Crippen molar-refractivity contribution in [2.24, 2.45) is 5.92 Å². The van der Waals surface area contributed by atoms with Gasteiger partial charge in [0.15, 0.2) is 0 Å². The summed E-state index contributed by atoms with van der Waals surface area (Å²) in [4.78, 5) is 12.4. The van der Waals surface area contributed by atoms with Gasteiger partial charge in [-0.2, -0.15) is 5.10 Å². The van der Waals surface area contributed by atoms with Crippen molar-refractivity contribution in [3.63, 3.8) is 0 Å². The molecule has 1 heterocycles. The fourth-order valence-corrected chi connectivity index (χ4v) is 2.83. The number of aromatic nitrogens is 2. The van der Waals surface area contributed by atoms with Gasteiger partial charge in [-0.3, -0.25) is 4.79 Å². The van der Waals surface area contributed by atoms with Crippen LogP contribution in [0.15, 0.2) is 42.6 Å². The molecule has 0 aliphatic heterocycles. The van der Waals surface area contributed by atoms with E-state index < -0.39 is 0 Å². The van der Waals surface area contributed by atoms with Gasteiger partial charge in [0.05, 0.1) is 5.69 Å². The Morgan fingerprint density at radius 2 is 1.81 bits per heavy atom. The molecule has 1 aromatic heterocycles. The second kappa shape index (κ2) is 6.53. The van der Waals surface area contributed by atoms with Gasteiger partial charge in [0.1, 0.15) is 0 Å². The summed E-state index contributed by atoms with van der Waals surface area (Å²) in [6, 6.07) is 12.0. The zero-order chi connectivity index (χ0) is 14.5. The summed E-state index contributed by atoms with van der Waals surface area (Å²) in [7, 11) is 0. The lowest BCUT2D eigenvalue weighted by Crippen LogP contribution is -2.24. The summed E-state index contributed by atoms with van der Waals surface area (Å²) in [5, 5.41) is 4.38. The Labute approximate surface area is 125 Å². The van der Waals surface area contributed by atoms with E-state index in [1.165, 1.54) is 23.9 Å². The Kier molecular flexibility index (Phi) is 4.29. The van der Waals surface area contributed by atoms with Crippen molar-refractivity contribution in [3.05, 3.63) is 53.9 Å². The normalized spacial score (nSPS) is 16.4. The monoisotopic (exact) mass is 280 g/mol. The summed E-state index contributed by atoms with van der Waals surface area (Å²) >= 11 is 0. The van der Waals surface area contributed by atoms with Gasteiger partial charge in [0, 0.05) is 12.1 Å². The molecule has 0 radical (unpaired) electrons. The van der Waals surface area contributed by atoms with Crippen molar-refractivity contribution in [2.45, 2.75) is 32.1 Å². The van der Waals surface area contributed by atoms with E-state index >= 15 is 0 Å². The molecule has 108 valence electrons. The van der Waals surface area contributed by atoms with Crippen LogP contribution in [0.2, 0.25) is 0 Å². The summed E-state index contributed by atoms with van der Waals surface area (Å²) < 4.78 is 1.51. The number of hydrogen-bond donors (Lipinski definition) is 0. The van der Waals surface area contributed by atoms with Gasteiger partial charge in [-0.05, 0) is 30.5 Å². The number of carbonyl (C=O) groups excluding carboxylic acids is 1. The highest BCUT2D eigenvalue weighted by atomic mass is 16.2. The van der Waals surface area contributed by atoms with Crippen molar-refractivity contribution in [3.8, 4) is 0 Å². The number of hydrogen-bond acceptors (Lipinski definition) is 2. The van der Waals surface area contributed by atoms with Crippen LogP contribution in [0.5, 0.6) is 0 Å². The minimum atomic E-state index is 0.147. The van der Waals surface area contributed by atoms with E-state index in [1.54, 1.807) is 6.20 Å². The predicted octanol–water partition coefficient (Wildman–Crippen LogP) is 4.27. The molecule has 0 saturated heterocycles. The lowest BCUT2D eigenvalue weighted by atomic mass is 9.89. The molecular weight excluding hydrogens is 260 g/mol. The van der Waals surface area contributed by atoms with E-state index in [2.05, 4.69) is 5.10 Å². The molecule has 0 unspecified atom stereocenters. The molecule has 1 saturated carbocycles. The fraction of sp³-hybridized carbons (Fsp3) is 0.333. The molecule has 3 nitrogen and oxygen atoms in total.